The maximum atomic E-state index is 9.93. The highest BCUT2D eigenvalue weighted by Gasteiger charge is 2.16. The van der Waals surface area contributed by atoms with E-state index in [4.69, 9.17) is 0 Å². The molecule has 0 radical (unpaired) electrons. The largest absolute Gasteiger partial charge is 0.746 e. The minimum Gasteiger partial charge on any atom is -0.746 e. The molecule has 0 bridgehead atoms. The summed E-state index contributed by atoms with van der Waals surface area (Å²) in [4.78, 5) is 0. The van der Waals surface area contributed by atoms with Crippen molar-refractivity contribution in [2.24, 2.45) is 0 Å². The van der Waals surface area contributed by atoms with Gasteiger partial charge in [0.15, 0.2) is 0 Å². The van der Waals surface area contributed by atoms with Crippen LogP contribution < -0.4 is 0 Å². The Bertz CT molecular complexity index is 111. The van der Waals surface area contributed by atoms with E-state index in [0.717, 1.165) is 7.11 Å². The van der Waals surface area contributed by atoms with Crippen molar-refractivity contribution in [3.8, 4) is 0 Å². The maximum Gasteiger partial charge on any atom is 0.710 e. The molecule has 0 aliphatic rings. The Morgan fingerprint density at radius 3 is 2.38 bits per heavy atom. The molecule has 0 saturated heterocycles. The van der Waals surface area contributed by atoms with Gasteiger partial charge in [0, 0.05) is 4.57 Å². The van der Waals surface area contributed by atoms with Gasteiger partial charge in [0.1, 0.15) is 11.4 Å². The predicted octanol–water partition coefficient (Wildman–Crippen LogP) is 0.101. The average Bonchev–Trinajstić information content (AvgIpc) is 1.65. The van der Waals surface area contributed by atoms with Gasteiger partial charge in [-0.1, -0.05) is 0 Å². The summed E-state index contributed by atoms with van der Waals surface area (Å²) in [5, 5.41) is 0. The van der Waals surface area contributed by atoms with E-state index in [1.165, 1.54) is 0 Å². The van der Waals surface area contributed by atoms with Gasteiger partial charge in [-0.2, -0.15) is 0 Å². The van der Waals surface area contributed by atoms with Crippen molar-refractivity contribution in [3.63, 3.8) is 0 Å². The highest BCUT2D eigenvalue weighted by molar-refractivity contribution is 7.78. The number of rotatable bonds is 3. The SMILES string of the molecule is CO[P+](=O)OS(=O)[O-]. The summed E-state index contributed by atoms with van der Waals surface area (Å²) in [6.07, 6.45) is 0. The molecule has 0 heterocycles. The third-order valence-corrected chi connectivity index (χ3v) is 1.54. The Kier molecular flexibility index (Phi) is 4.12. The zero-order valence-corrected chi connectivity index (χ0v) is 5.61. The van der Waals surface area contributed by atoms with Crippen molar-refractivity contribution >= 4 is 19.6 Å². The quantitative estimate of drug-likeness (QED) is 0.430. The molecule has 0 spiro atoms. The van der Waals surface area contributed by atoms with Gasteiger partial charge in [-0.15, -0.1) is 4.52 Å². The van der Waals surface area contributed by atoms with E-state index in [1.807, 2.05) is 0 Å². The summed E-state index contributed by atoms with van der Waals surface area (Å²) in [5.74, 6) is 0. The van der Waals surface area contributed by atoms with Crippen molar-refractivity contribution in [2.45, 2.75) is 0 Å². The van der Waals surface area contributed by atoms with Crippen molar-refractivity contribution in [3.05, 3.63) is 0 Å². The first kappa shape index (κ1) is 8.13. The topological polar surface area (TPSA) is 75.7 Å². The Hall–Kier alpha value is 0.130. The molecule has 0 aromatic carbocycles. The van der Waals surface area contributed by atoms with Crippen LogP contribution in [0.4, 0.5) is 0 Å². The molecule has 0 aliphatic heterocycles. The highest BCUT2D eigenvalue weighted by Crippen LogP contribution is 2.21. The standard InChI is InChI=1S/CH3O5PS/c1-5-7(2)6-8(3)4/h1H3. The van der Waals surface area contributed by atoms with Crippen LogP contribution in [-0.4, -0.2) is 15.9 Å². The van der Waals surface area contributed by atoms with Crippen LogP contribution >= 0.6 is 8.25 Å². The molecule has 8 heavy (non-hydrogen) atoms. The molecule has 0 rings (SSSR count). The summed E-state index contributed by atoms with van der Waals surface area (Å²) in [7, 11) is -1.41. The summed E-state index contributed by atoms with van der Waals surface area (Å²) in [6, 6.07) is 0. The molecule has 5 nitrogen and oxygen atoms in total. The molecule has 0 N–H and O–H groups in total. The van der Waals surface area contributed by atoms with Gasteiger partial charge in [-0.05, 0) is 3.97 Å². The molecule has 0 amide bonds. The first-order valence-electron chi connectivity index (χ1n) is 1.46. The zero-order valence-electron chi connectivity index (χ0n) is 3.90. The van der Waals surface area contributed by atoms with Crippen LogP contribution in [0.2, 0.25) is 0 Å². The number of hydrogen-bond donors (Lipinski definition) is 0. The van der Waals surface area contributed by atoms with Crippen LogP contribution in [0.25, 0.3) is 0 Å². The molecule has 2 atom stereocenters. The molecule has 48 valence electrons. The van der Waals surface area contributed by atoms with E-state index in [9.17, 15) is 13.3 Å². The lowest BCUT2D eigenvalue weighted by molar-refractivity contribution is 0.341. The molecule has 0 aliphatic carbocycles. The van der Waals surface area contributed by atoms with Crippen LogP contribution in [0.15, 0.2) is 0 Å². The van der Waals surface area contributed by atoms with Gasteiger partial charge >= 0.3 is 8.25 Å². The molecule has 7 heteroatoms. The lowest BCUT2D eigenvalue weighted by Gasteiger charge is -1.88. The zero-order chi connectivity index (χ0) is 6.57. The van der Waals surface area contributed by atoms with E-state index < -0.39 is 19.6 Å². The van der Waals surface area contributed by atoms with Crippen molar-refractivity contribution in [1.29, 1.82) is 0 Å². The van der Waals surface area contributed by atoms with Gasteiger partial charge in [0.05, 0.1) is 7.11 Å². The highest BCUT2D eigenvalue weighted by atomic mass is 32.2. The van der Waals surface area contributed by atoms with Crippen LogP contribution in [0, 0.1) is 0 Å². The van der Waals surface area contributed by atoms with E-state index in [1.54, 1.807) is 0 Å². The van der Waals surface area contributed by atoms with Crippen molar-refractivity contribution < 1.29 is 21.8 Å². The summed E-state index contributed by atoms with van der Waals surface area (Å²) in [6.45, 7) is 0. The van der Waals surface area contributed by atoms with E-state index in [2.05, 4.69) is 8.49 Å². The average molecular weight is 158 g/mol. The van der Waals surface area contributed by atoms with Gasteiger partial charge in [0.25, 0.3) is 0 Å². The lowest BCUT2D eigenvalue weighted by atomic mass is 11.8. The number of hydrogen-bond acceptors (Lipinski definition) is 5. The van der Waals surface area contributed by atoms with Gasteiger partial charge < -0.3 is 4.55 Å². The minimum absolute atomic E-state index is 1.07. The predicted molar refractivity (Wildman–Crippen MR) is 24.6 cm³/mol. The van der Waals surface area contributed by atoms with Crippen LogP contribution in [-0.2, 0) is 24.4 Å². The molecule has 0 aromatic rings. The first-order valence-corrected chi connectivity index (χ1v) is 3.55. The maximum absolute atomic E-state index is 9.93. The summed E-state index contributed by atoms with van der Waals surface area (Å²) >= 11 is -2.75. The summed E-state index contributed by atoms with van der Waals surface area (Å²) < 4.78 is 36.5. The molecule has 0 aromatic heterocycles. The third-order valence-electron chi connectivity index (χ3n) is 0.271. The Morgan fingerprint density at radius 1 is 1.75 bits per heavy atom. The second-order valence-corrected chi connectivity index (χ2v) is 2.50. The Balaban J connectivity index is 3.40. The molecule has 0 fully saturated rings. The van der Waals surface area contributed by atoms with Crippen LogP contribution in [0.1, 0.15) is 0 Å². The van der Waals surface area contributed by atoms with Crippen molar-refractivity contribution in [2.75, 3.05) is 7.11 Å². The van der Waals surface area contributed by atoms with E-state index in [-0.39, 0.29) is 0 Å². The third kappa shape index (κ3) is 4.29. The lowest BCUT2D eigenvalue weighted by Crippen LogP contribution is -1.85. The van der Waals surface area contributed by atoms with Crippen LogP contribution in [0.3, 0.4) is 0 Å². The minimum atomic E-state index is -2.75. The monoisotopic (exact) mass is 158 g/mol. The Morgan fingerprint density at radius 2 is 2.25 bits per heavy atom. The summed E-state index contributed by atoms with van der Waals surface area (Å²) in [5.41, 5.74) is 0. The van der Waals surface area contributed by atoms with Gasteiger partial charge in [-0.3, -0.25) is 0 Å². The molecular weight excluding hydrogens is 155 g/mol. The van der Waals surface area contributed by atoms with Gasteiger partial charge in [0.2, 0.25) is 0 Å². The fourth-order valence-electron chi connectivity index (χ4n) is 0.0801. The molecule has 0 saturated carbocycles. The second kappa shape index (κ2) is 4.05. The normalized spacial score (nSPS) is 15.5. The van der Waals surface area contributed by atoms with E-state index in [0.29, 0.717) is 0 Å². The molecular formula is CH3O5PS. The molecule has 2 unspecified atom stereocenters. The smallest absolute Gasteiger partial charge is 0.710 e. The second-order valence-electron chi connectivity index (χ2n) is 0.685. The Labute approximate surface area is 49.4 Å². The van der Waals surface area contributed by atoms with E-state index >= 15 is 0 Å². The van der Waals surface area contributed by atoms with Crippen LogP contribution in [0.5, 0.6) is 0 Å². The van der Waals surface area contributed by atoms with Crippen molar-refractivity contribution in [1.82, 2.24) is 0 Å². The fourth-order valence-corrected chi connectivity index (χ4v) is 0.721. The van der Waals surface area contributed by atoms with Gasteiger partial charge in [-0.25, -0.2) is 4.21 Å². The first-order chi connectivity index (χ1) is 3.66. The fraction of sp³-hybridized carbons (Fsp3) is 1.00.